The minimum atomic E-state index is 0.483. The minimum Gasteiger partial charge on any atom is -0.235 e. The Balaban J connectivity index is 2.15. The van der Waals surface area contributed by atoms with Crippen LogP contribution in [0.25, 0.3) is 11.4 Å². The molecular formula is C16H17N3. The SMILES string of the molecule is CCC(C)Cc1ccc(-c2ncc(C#N)cn2)cc1. The molecule has 1 unspecified atom stereocenters. The van der Waals surface area contributed by atoms with Gasteiger partial charge in [0.25, 0.3) is 0 Å². The molecule has 0 saturated carbocycles. The Hall–Kier alpha value is -2.21. The van der Waals surface area contributed by atoms with Crippen LogP contribution in [0, 0.1) is 17.2 Å². The van der Waals surface area contributed by atoms with E-state index in [0.717, 1.165) is 12.0 Å². The summed E-state index contributed by atoms with van der Waals surface area (Å²) in [6.07, 6.45) is 5.40. The van der Waals surface area contributed by atoms with Crippen LogP contribution in [-0.2, 0) is 6.42 Å². The quantitative estimate of drug-likeness (QED) is 0.834. The highest BCUT2D eigenvalue weighted by molar-refractivity contribution is 5.55. The predicted molar refractivity (Wildman–Crippen MR) is 75.3 cm³/mol. The van der Waals surface area contributed by atoms with Crippen LogP contribution >= 0.6 is 0 Å². The molecule has 0 radical (unpaired) electrons. The van der Waals surface area contributed by atoms with Gasteiger partial charge in [-0.15, -0.1) is 0 Å². The summed E-state index contributed by atoms with van der Waals surface area (Å²) in [5.74, 6) is 1.37. The Labute approximate surface area is 114 Å². The van der Waals surface area contributed by atoms with Crippen LogP contribution in [0.5, 0.6) is 0 Å². The Morgan fingerprint density at radius 3 is 2.32 bits per heavy atom. The lowest BCUT2D eigenvalue weighted by Crippen LogP contribution is -1.97. The van der Waals surface area contributed by atoms with Crippen molar-refractivity contribution in [2.75, 3.05) is 0 Å². The van der Waals surface area contributed by atoms with Crippen molar-refractivity contribution in [1.29, 1.82) is 5.26 Å². The first-order chi connectivity index (χ1) is 9.22. The van der Waals surface area contributed by atoms with Gasteiger partial charge in [-0.1, -0.05) is 44.5 Å². The molecule has 2 aromatic rings. The van der Waals surface area contributed by atoms with Crippen molar-refractivity contribution < 1.29 is 0 Å². The molecule has 1 atom stereocenters. The van der Waals surface area contributed by atoms with Gasteiger partial charge in [0, 0.05) is 18.0 Å². The molecule has 0 N–H and O–H groups in total. The molecular weight excluding hydrogens is 234 g/mol. The van der Waals surface area contributed by atoms with Crippen molar-refractivity contribution in [3.63, 3.8) is 0 Å². The first kappa shape index (κ1) is 13.2. The number of nitriles is 1. The highest BCUT2D eigenvalue weighted by Crippen LogP contribution is 2.17. The van der Waals surface area contributed by atoms with E-state index in [-0.39, 0.29) is 0 Å². The van der Waals surface area contributed by atoms with Crippen molar-refractivity contribution in [2.24, 2.45) is 5.92 Å². The molecule has 0 aliphatic carbocycles. The van der Waals surface area contributed by atoms with Crippen molar-refractivity contribution >= 4 is 0 Å². The topological polar surface area (TPSA) is 49.6 Å². The second-order valence-electron chi connectivity index (χ2n) is 4.82. The molecule has 0 aliphatic rings. The van der Waals surface area contributed by atoms with Crippen molar-refractivity contribution in [3.8, 4) is 17.5 Å². The maximum atomic E-state index is 8.71. The van der Waals surface area contributed by atoms with E-state index in [1.54, 1.807) is 12.4 Å². The van der Waals surface area contributed by atoms with Gasteiger partial charge in [-0.2, -0.15) is 5.26 Å². The van der Waals surface area contributed by atoms with Gasteiger partial charge in [0.05, 0.1) is 5.56 Å². The number of aromatic nitrogens is 2. The van der Waals surface area contributed by atoms with E-state index in [2.05, 4.69) is 35.9 Å². The van der Waals surface area contributed by atoms with Gasteiger partial charge < -0.3 is 0 Å². The molecule has 0 spiro atoms. The molecule has 2 rings (SSSR count). The average molecular weight is 251 g/mol. The molecule has 1 heterocycles. The molecule has 3 nitrogen and oxygen atoms in total. The van der Waals surface area contributed by atoms with Crippen LogP contribution in [0.1, 0.15) is 31.4 Å². The van der Waals surface area contributed by atoms with Gasteiger partial charge in [0.2, 0.25) is 0 Å². The number of hydrogen-bond donors (Lipinski definition) is 0. The van der Waals surface area contributed by atoms with E-state index in [1.165, 1.54) is 12.0 Å². The highest BCUT2D eigenvalue weighted by Gasteiger charge is 2.04. The van der Waals surface area contributed by atoms with Gasteiger partial charge in [-0.25, -0.2) is 9.97 Å². The van der Waals surface area contributed by atoms with Crippen LogP contribution < -0.4 is 0 Å². The first-order valence-corrected chi connectivity index (χ1v) is 6.54. The van der Waals surface area contributed by atoms with Crippen molar-refractivity contribution in [2.45, 2.75) is 26.7 Å². The summed E-state index contributed by atoms with van der Waals surface area (Å²) in [5, 5.41) is 8.71. The maximum Gasteiger partial charge on any atom is 0.159 e. The summed E-state index contributed by atoms with van der Waals surface area (Å²) < 4.78 is 0. The Bertz CT molecular complexity index is 564. The molecule has 0 fully saturated rings. The number of hydrogen-bond acceptors (Lipinski definition) is 3. The van der Waals surface area contributed by atoms with Crippen LogP contribution in [0.2, 0.25) is 0 Å². The minimum absolute atomic E-state index is 0.483. The lowest BCUT2D eigenvalue weighted by molar-refractivity contribution is 0.560. The molecule has 19 heavy (non-hydrogen) atoms. The molecule has 1 aromatic carbocycles. The van der Waals surface area contributed by atoms with E-state index in [1.807, 2.05) is 18.2 Å². The standard InChI is InChI=1S/C16H17N3/c1-3-12(2)8-13-4-6-15(7-5-13)16-18-10-14(9-17)11-19-16/h4-7,10-12H,3,8H2,1-2H3. The summed E-state index contributed by atoms with van der Waals surface area (Å²) >= 11 is 0. The van der Waals surface area contributed by atoms with E-state index >= 15 is 0 Å². The third kappa shape index (κ3) is 3.38. The summed E-state index contributed by atoms with van der Waals surface area (Å²) in [5.41, 5.74) is 2.81. The summed E-state index contributed by atoms with van der Waals surface area (Å²) in [4.78, 5) is 8.39. The Morgan fingerprint density at radius 1 is 1.16 bits per heavy atom. The smallest absolute Gasteiger partial charge is 0.159 e. The second-order valence-corrected chi connectivity index (χ2v) is 4.82. The van der Waals surface area contributed by atoms with E-state index < -0.39 is 0 Å². The fourth-order valence-electron chi connectivity index (χ4n) is 1.87. The normalized spacial score (nSPS) is 11.8. The third-order valence-corrected chi connectivity index (χ3v) is 3.27. The molecule has 3 heteroatoms. The summed E-state index contributed by atoms with van der Waals surface area (Å²) in [6.45, 7) is 4.47. The van der Waals surface area contributed by atoms with E-state index in [9.17, 15) is 0 Å². The van der Waals surface area contributed by atoms with Gasteiger partial charge in [0.1, 0.15) is 6.07 Å². The Morgan fingerprint density at radius 2 is 1.79 bits per heavy atom. The lowest BCUT2D eigenvalue weighted by atomic mass is 9.98. The molecule has 0 amide bonds. The van der Waals surface area contributed by atoms with Crippen LogP contribution in [0.3, 0.4) is 0 Å². The van der Waals surface area contributed by atoms with Crippen LogP contribution in [0.15, 0.2) is 36.7 Å². The number of rotatable bonds is 4. The van der Waals surface area contributed by atoms with Gasteiger partial charge in [-0.05, 0) is 17.9 Å². The molecule has 1 aromatic heterocycles. The third-order valence-electron chi connectivity index (χ3n) is 3.27. The van der Waals surface area contributed by atoms with E-state index in [4.69, 9.17) is 5.26 Å². The molecule has 0 saturated heterocycles. The van der Waals surface area contributed by atoms with E-state index in [0.29, 0.717) is 17.3 Å². The van der Waals surface area contributed by atoms with Gasteiger partial charge in [0.15, 0.2) is 5.82 Å². The zero-order valence-corrected chi connectivity index (χ0v) is 11.3. The lowest BCUT2D eigenvalue weighted by Gasteiger charge is -2.08. The number of benzene rings is 1. The van der Waals surface area contributed by atoms with Crippen molar-refractivity contribution in [1.82, 2.24) is 9.97 Å². The predicted octanol–water partition coefficient (Wildman–Crippen LogP) is 3.60. The Kier molecular flexibility index (Phi) is 4.25. The second kappa shape index (κ2) is 6.10. The first-order valence-electron chi connectivity index (χ1n) is 6.54. The molecule has 0 bridgehead atoms. The average Bonchev–Trinajstić information content (AvgIpc) is 2.48. The monoisotopic (exact) mass is 251 g/mol. The maximum absolute atomic E-state index is 8.71. The van der Waals surface area contributed by atoms with Crippen molar-refractivity contribution in [3.05, 3.63) is 47.8 Å². The van der Waals surface area contributed by atoms with Gasteiger partial charge >= 0.3 is 0 Å². The zero-order chi connectivity index (χ0) is 13.7. The summed E-state index contributed by atoms with van der Waals surface area (Å²) in [7, 11) is 0. The molecule has 0 aliphatic heterocycles. The fraction of sp³-hybridized carbons (Fsp3) is 0.312. The molecule has 96 valence electrons. The summed E-state index contributed by atoms with van der Waals surface area (Å²) in [6, 6.07) is 10.4. The fourth-order valence-corrected chi connectivity index (χ4v) is 1.87. The van der Waals surface area contributed by atoms with Gasteiger partial charge in [-0.3, -0.25) is 0 Å². The van der Waals surface area contributed by atoms with Crippen LogP contribution in [0.4, 0.5) is 0 Å². The highest BCUT2D eigenvalue weighted by atomic mass is 14.9. The van der Waals surface area contributed by atoms with Crippen LogP contribution in [-0.4, -0.2) is 9.97 Å². The largest absolute Gasteiger partial charge is 0.235 e. The zero-order valence-electron chi connectivity index (χ0n) is 11.3. The number of nitrogens with zero attached hydrogens (tertiary/aromatic N) is 3.